The van der Waals surface area contributed by atoms with Gasteiger partial charge < -0.3 is 20.1 Å². The Bertz CT molecular complexity index is 321. The SMILES string of the molecule is CCOCCN(CCOCC)c1ccccc1N. The first-order valence-electron chi connectivity index (χ1n) is 6.54. The normalized spacial score (nSPS) is 10.6. The van der Waals surface area contributed by atoms with Crippen molar-refractivity contribution in [3.63, 3.8) is 0 Å². The maximum atomic E-state index is 6.01. The number of rotatable bonds is 9. The first-order chi connectivity index (χ1) is 8.79. The van der Waals surface area contributed by atoms with Gasteiger partial charge in [0.25, 0.3) is 0 Å². The zero-order valence-corrected chi connectivity index (χ0v) is 11.4. The maximum absolute atomic E-state index is 6.01. The summed E-state index contributed by atoms with van der Waals surface area (Å²) in [5, 5.41) is 0. The van der Waals surface area contributed by atoms with Gasteiger partial charge in [0, 0.05) is 26.3 Å². The zero-order chi connectivity index (χ0) is 13.2. The number of ether oxygens (including phenoxy) is 2. The molecule has 0 heterocycles. The summed E-state index contributed by atoms with van der Waals surface area (Å²) in [6.45, 7) is 8.55. The van der Waals surface area contributed by atoms with E-state index in [-0.39, 0.29) is 0 Å². The Morgan fingerprint density at radius 3 is 2.06 bits per heavy atom. The van der Waals surface area contributed by atoms with Crippen LogP contribution in [0.3, 0.4) is 0 Å². The Morgan fingerprint density at radius 1 is 1.00 bits per heavy atom. The van der Waals surface area contributed by atoms with Gasteiger partial charge in [-0.05, 0) is 26.0 Å². The average molecular weight is 252 g/mol. The van der Waals surface area contributed by atoms with Gasteiger partial charge in [0.1, 0.15) is 0 Å². The summed E-state index contributed by atoms with van der Waals surface area (Å²) in [5.41, 5.74) is 7.86. The number of hydrogen-bond donors (Lipinski definition) is 1. The minimum absolute atomic E-state index is 0.705. The molecule has 0 aliphatic heterocycles. The summed E-state index contributed by atoms with van der Waals surface area (Å²) < 4.78 is 10.8. The molecule has 0 unspecified atom stereocenters. The van der Waals surface area contributed by atoms with Crippen molar-refractivity contribution in [2.24, 2.45) is 0 Å². The molecular weight excluding hydrogens is 228 g/mol. The fraction of sp³-hybridized carbons (Fsp3) is 0.571. The van der Waals surface area contributed by atoms with Gasteiger partial charge in [0.05, 0.1) is 24.6 Å². The second-order valence-corrected chi connectivity index (χ2v) is 3.94. The van der Waals surface area contributed by atoms with E-state index in [0.717, 1.165) is 37.7 Å². The Morgan fingerprint density at radius 2 is 1.56 bits per heavy atom. The lowest BCUT2D eigenvalue weighted by Crippen LogP contribution is -2.31. The predicted octanol–water partition coefficient (Wildman–Crippen LogP) is 2.15. The van der Waals surface area contributed by atoms with Crippen molar-refractivity contribution < 1.29 is 9.47 Å². The predicted molar refractivity (Wildman–Crippen MR) is 76.1 cm³/mol. The largest absolute Gasteiger partial charge is 0.397 e. The lowest BCUT2D eigenvalue weighted by atomic mass is 10.2. The van der Waals surface area contributed by atoms with Crippen LogP contribution in [-0.2, 0) is 9.47 Å². The van der Waals surface area contributed by atoms with Gasteiger partial charge in [0.15, 0.2) is 0 Å². The monoisotopic (exact) mass is 252 g/mol. The molecule has 0 atom stereocenters. The second kappa shape index (κ2) is 8.78. The second-order valence-electron chi connectivity index (χ2n) is 3.94. The lowest BCUT2D eigenvalue weighted by molar-refractivity contribution is 0.141. The molecule has 18 heavy (non-hydrogen) atoms. The molecule has 4 heteroatoms. The minimum Gasteiger partial charge on any atom is -0.397 e. The molecule has 0 aliphatic carbocycles. The van der Waals surface area contributed by atoms with E-state index in [0.29, 0.717) is 13.2 Å². The third kappa shape index (κ3) is 4.94. The van der Waals surface area contributed by atoms with Gasteiger partial charge in [0.2, 0.25) is 0 Å². The number of benzene rings is 1. The summed E-state index contributed by atoms with van der Waals surface area (Å²) in [6, 6.07) is 7.90. The van der Waals surface area contributed by atoms with Crippen LogP contribution < -0.4 is 10.6 Å². The topological polar surface area (TPSA) is 47.7 Å². The molecule has 0 saturated carbocycles. The Labute approximate surface area is 110 Å². The molecule has 0 amide bonds. The van der Waals surface area contributed by atoms with Crippen LogP contribution in [0.1, 0.15) is 13.8 Å². The summed E-state index contributed by atoms with van der Waals surface area (Å²) in [4.78, 5) is 2.21. The molecular formula is C14H24N2O2. The van der Waals surface area contributed by atoms with E-state index in [1.165, 1.54) is 0 Å². The van der Waals surface area contributed by atoms with Crippen LogP contribution in [0.2, 0.25) is 0 Å². The van der Waals surface area contributed by atoms with E-state index in [2.05, 4.69) is 4.90 Å². The molecule has 0 fully saturated rings. The molecule has 2 N–H and O–H groups in total. The van der Waals surface area contributed by atoms with Gasteiger partial charge >= 0.3 is 0 Å². The van der Waals surface area contributed by atoms with E-state index in [4.69, 9.17) is 15.2 Å². The van der Waals surface area contributed by atoms with E-state index in [1.54, 1.807) is 0 Å². The van der Waals surface area contributed by atoms with Crippen LogP contribution in [0.5, 0.6) is 0 Å². The van der Waals surface area contributed by atoms with Crippen molar-refractivity contribution in [2.45, 2.75) is 13.8 Å². The first kappa shape index (κ1) is 14.8. The smallest absolute Gasteiger partial charge is 0.0641 e. The highest BCUT2D eigenvalue weighted by atomic mass is 16.5. The summed E-state index contributed by atoms with van der Waals surface area (Å²) >= 11 is 0. The maximum Gasteiger partial charge on any atom is 0.0641 e. The molecule has 0 aromatic heterocycles. The molecule has 0 bridgehead atoms. The molecule has 1 aromatic carbocycles. The van der Waals surface area contributed by atoms with Crippen LogP contribution in [0.15, 0.2) is 24.3 Å². The summed E-state index contributed by atoms with van der Waals surface area (Å²) in [5.74, 6) is 0. The molecule has 0 saturated heterocycles. The van der Waals surface area contributed by atoms with Crippen LogP contribution >= 0.6 is 0 Å². The van der Waals surface area contributed by atoms with Crippen molar-refractivity contribution >= 4 is 11.4 Å². The standard InChI is InChI=1S/C14H24N2O2/c1-3-17-11-9-16(10-12-18-4-2)14-8-6-5-7-13(14)15/h5-8H,3-4,9-12,15H2,1-2H3. The quantitative estimate of drug-likeness (QED) is 0.540. The fourth-order valence-electron chi connectivity index (χ4n) is 1.77. The highest BCUT2D eigenvalue weighted by Gasteiger charge is 2.08. The van der Waals surface area contributed by atoms with Gasteiger partial charge in [-0.1, -0.05) is 12.1 Å². The van der Waals surface area contributed by atoms with Crippen molar-refractivity contribution in [1.29, 1.82) is 0 Å². The third-order valence-electron chi connectivity index (χ3n) is 2.70. The molecule has 0 spiro atoms. The van der Waals surface area contributed by atoms with Crippen LogP contribution in [0.4, 0.5) is 11.4 Å². The number of anilines is 2. The first-order valence-corrected chi connectivity index (χ1v) is 6.54. The van der Waals surface area contributed by atoms with Gasteiger partial charge in [-0.3, -0.25) is 0 Å². The number of para-hydroxylation sites is 2. The molecule has 4 nitrogen and oxygen atoms in total. The number of hydrogen-bond acceptors (Lipinski definition) is 4. The molecule has 0 radical (unpaired) electrons. The zero-order valence-electron chi connectivity index (χ0n) is 11.4. The highest BCUT2D eigenvalue weighted by Crippen LogP contribution is 2.21. The summed E-state index contributed by atoms with van der Waals surface area (Å²) in [6.07, 6.45) is 0. The van der Waals surface area contributed by atoms with Gasteiger partial charge in [-0.15, -0.1) is 0 Å². The Kier molecular flexibility index (Phi) is 7.22. The van der Waals surface area contributed by atoms with Crippen molar-refractivity contribution in [3.8, 4) is 0 Å². The third-order valence-corrected chi connectivity index (χ3v) is 2.70. The average Bonchev–Trinajstić information content (AvgIpc) is 2.38. The van der Waals surface area contributed by atoms with Gasteiger partial charge in [-0.2, -0.15) is 0 Å². The van der Waals surface area contributed by atoms with Crippen molar-refractivity contribution in [3.05, 3.63) is 24.3 Å². The van der Waals surface area contributed by atoms with E-state index in [1.807, 2.05) is 38.1 Å². The van der Waals surface area contributed by atoms with E-state index in [9.17, 15) is 0 Å². The lowest BCUT2D eigenvalue weighted by Gasteiger charge is -2.25. The highest BCUT2D eigenvalue weighted by molar-refractivity contribution is 5.67. The van der Waals surface area contributed by atoms with E-state index >= 15 is 0 Å². The molecule has 1 aromatic rings. The van der Waals surface area contributed by atoms with Gasteiger partial charge in [-0.25, -0.2) is 0 Å². The molecule has 1 rings (SSSR count). The van der Waals surface area contributed by atoms with Crippen LogP contribution in [0.25, 0.3) is 0 Å². The molecule has 102 valence electrons. The Balaban J connectivity index is 2.60. The van der Waals surface area contributed by atoms with Crippen molar-refractivity contribution in [2.75, 3.05) is 50.2 Å². The van der Waals surface area contributed by atoms with E-state index < -0.39 is 0 Å². The number of nitrogens with two attached hydrogens (primary N) is 1. The summed E-state index contributed by atoms with van der Waals surface area (Å²) in [7, 11) is 0. The molecule has 0 aliphatic rings. The fourth-order valence-corrected chi connectivity index (χ4v) is 1.77. The number of nitrogens with zero attached hydrogens (tertiary/aromatic N) is 1. The van der Waals surface area contributed by atoms with Crippen LogP contribution in [0, 0.1) is 0 Å². The number of nitrogen functional groups attached to an aromatic ring is 1. The van der Waals surface area contributed by atoms with Crippen LogP contribution in [-0.4, -0.2) is 39.5 Å². The van der Waals surface area contributed by atoms with Crippen molar-refractivity contribution in [1.82, 2.24) is 0 Å². The minimum atomic E-state index is 0.705. The Hall–Kier alpha value is -1.26.